The SMILES string of the molecule is [Au+3].[In+3].[S-2].[S-2].[S-2]. The topological polar surface area (TPSA) is 0 Å². The van der Waals surface area contributed by atoms with Crippen molar-refractivity contribution in [3.8, 4) is 0 Å². The summed E-state index contributed by atoms with van der Waals surface area (Å²) >= 11 is 0. The fourth-order valence-electron chi connectivity index (χ4n) is 0. The molecule has 0 bridgehead atoms. The van der Waals surface area contributed by atoms with Gasteiger partial charge in [0.1, 0.15) is 0 Å². The summed E-state index contributed by atoms with van der Waals surface area (Å²) in [7, 11) is 0. The van der Waals surface area contributed by atoms with Crippen molar-refractivity contribution in [1.82, 2.24) is 0 Å². The summed E-state index contributed by atoms with van der Waals surface area (Å²) in [5.74, 6) is 0. The molecule has 0 unspecified atom stereocenters. The first-order valence-corrected chi connectivity index (χ1v) is 0. The quantitative estimate of drug-likeness (QED) is 0.480. The Bertz CT molecular complexity index is 6.85. The normalized spacial score (nSPS) is 0. The van der Waals surface area contributed by atoms with Crippen LogP contribution in [0.5, 0.6) is 0 Å². The Labute approximate surface area is 87.5 Å². The molecule has 0 nitrogen and oxygen atoms in total. The molecule has 0 aliphatic carbocycles. The first-order valence-electron chi connectivity index (χ1n) is 0. The maximum atomic E-state index is 0. The fraction of sp³-hybridized carbons (Fsp3) is 0. The van der Waals surface area contributed by atoms with Crippen LogP contribution in [0.15, 0.2) is 0 Å². The van der Waals surface area contributed by atoms with Gasteiger partial charge in [0.05, 0.1) is 0 Å². The average molecular weight is 408 g/mol. The summed E-state index contributed by atoms with van der Waals surface area (Å²) in [6.45, 7) is 0. The van der Waals surface area contributed by atoms with Crippen LogP contribution in [0.25, 0.3) is 0 Å². The van der Waals surface area contributed by atoms with E-state index in [-0.39, 0.29) is 88.7 Å². The summed E-state index contributed by atoms with van der Waals surface area (Å²) < 4.78 is 0. The van der Waals surface area contributed by atoms with E-state index in [0.29, 0.717) is 0 Å². The van der Waals surface area contributed by atoms with Crippen molar-refractivity contribution in [3.63, 3.8) is 0 Å². The molecule has 0 fully saturated rings. The van der Waals surface area contributed by atoms with Crippen molar-refractivity contribution in [1.29, 1.82) is 0 Å². The predicted molar refractivity (Wildman–Crippen MR) is 27.8 cm³/mol. The first-order chi connectivity index (χ1) is 0. The molecule has 0 saturated carbocycles. The molecule has 0 N–H and O–H groups in total. The van der Waals surface area contributed by atoms with E-state index in [1.54, 1.807) is 0 Å². The molecule has 0 rings (SSSR count). The Balaban J connectivity index is 0. The monoisotopic (exact) mass is 408 g/mol. The van der Waals surface area contributed by atoms with Gasteiger partial charge in [-0.1, -0.05) is 0 Å². The van der Waals surface area contributed by atoms with Gasteiger partial charge in [-0.05, 0) is 0 Å². The molecular weight excluding hydrogens is 408 g/mol. The van der Waals surface area contributed by atoms with E-state index < -0.39 is 0 Å². The second-order valence-corrected chi connectivity index (χ2v) is 0. The summed E-state index contributed by atoms with van der Waals surface area (Å²) in [5.41, 5.74) is 0. The van der Waals surface area contributed by atoms with Crippen molar-refractivity contribution in [2.45, 2.75) is 0 Å². The third kappa shape index (κ3) is 20.4. The minimum absolute atomic E-state index is 0. The van der Waals surface area contributed by atoms with E-state index in [1.165, 1.54) is 0 Å². The third-order valence-corrected chi connectivity index (χ3v) is 0. The van der Waals surface area contributed by atoms with Gasteiger partial charge < -0.3 is 40.5 Å². The zero-order valence-electron chi connectivity index (χ0n) is 2.10. The molecule has 0 saturated heterocycles. The van der Waals surface area contributed by atoms with Crippen molar-refractivity contribution < 1.29 is 22.4 Å². The van der Waals surface area contributed by atoms with Crippen LogP contribution in [0.4, 0.5) is 0 Å². The summed E-state index contributed by atoms with van der Waals surface area (Å²) in [6.07, 6.45) is 0. The second-order valence-electron chi connectivity index (χ2n) is 0. The molecule has 5 heavy (non-hydrogen) atoms. The minimum Gasteiger partial charge on any atom is -2.00 e. The maximum absolute atomic E-state index is 0. The van der Waals surface area contributed by atoms with E-state index in [1.807, 2.05) is 0 Å². The smallest absolute Gasteiger partial charge is 2.00 e. The minimum atomic E-state index is 0. The van der Waals surface area contributed by atoms with Gasteiger partial charge in [0, 0.05) is 0 Å². The molecular formula is AuInS3. The van der Waals surface area contributed by atoms with Gasteiger partial charge in [-0.2, -0.15) is 0 Å². The Morgan fingerprint density at radius 2 is 0.600 bits per heavy atom. The molecule has 5 heteroatoms. The number of hydrogen-bond acceptors (Lipinski definition) is 0. The van der Waals surface area contributed by atoms with Crippen LogP contribution in [-0.4, -0.2) is 25.8 Å². The number of hydrogen-bond donors (Lipinski definition) is 0. The van der Waals surface area contributed by atoms with Gasteiger partial charge in [0.15, 0.2) is 0 Å². The van der Waals surface area contributed by atoms with E-state index in [9.17, 15) is 0 Å². The molecule has 0 amide bonds. The van der Waals surface area contributed by atoms with Crippen LogP contribution in [0.1, 0.15) is 0 Å². The predicted octanol–water partition coefficient (Wildman–Crippen LogP) is -0.391. The second kappa shape index (κ2) is 30.2. The van der Waals surface area contributed by atoms with E-state index in [0.717, 1.165) is 0 Å². The van der Waals surface area contributed by atoms with Gasteiger partial charge in [-0.3, -0.25) is 0 Å². The molecule has 0 aromatic heterocycles. The summed E-state index contributed by atoms with van der Waals surface area (Å²) in [6, 6.07) is 0. The zero-order valence-corrected chi connectivity index (χ0v) is 10.0. The largest absolute Gasteiger partial charge is 3.00 e. The summed E-state index contributed by atoms with van der Waals surface area (Å²) in [4.78, 5) is 0. The van der Waals surface area contributed by atoms with Gasteiger partial charge in [-0.15, -0.1) is 0 Å². The van der Waals surface area contributed by atoms with Gasteiger partial charge in [-0.25, -0.2) is 0 Å². The Morgan fingerprint density at radius 3 is 0.600 bits per heavy atom. The van der Waals surface area contributed by atoms with Crippen LogP contribution in [0.3, 0.4) is 0 Å². The van der Waals surface area contributed by atoms with Crippen molar-refractivity contribution in [3.05, 3.63) is 0 Å². The molecule has 0 radical (unpaired) electrons. The molecule has 0 aromatic rings. The number of rotatable bonds is 0. The molecule has 0 aliphatic heterocycles. The Kier molecular flexibility index (Phi) is 290. The zero-order chi connectivity index (χ0) is 0. The molecule has 0 aliphatic rings. The Morgan fingerprint density at radius 1 is 0.600 bits per heavy atom. The first kappa shape index (κ1) is 48.0. The average Bonchev–Trinajstić information content (AvgIpc) is 0. The third-order valence-electron chi connectivity index (χ3n) is 0. The fourth-order valence-corrected chi connectivity index (χ4v) is 0. The summed E-state index contributed by atoms with van der Waals surface area (Å²) in [5, 5.41) is 0. The maximum Gasteiger partial charge on any atom is 3.00 e. The van der Waals surface area contributed by atoms with Crippen molar-refractivity contribution >= 4 is 66.3 Å². The van der Waals surface area contributed by atoms with Crippen LogP contribution < -0.4 is 0 Å². The van der Waals surface area contributed by atoms with Crippen LogP contribution in [0.2, 0.25) is 0 Å². The molecule has 0 heterocycles. The van der Waals surface area contributed by atoms with Crippen LogP contribution in [-0.2, 0) is 62.9 Å². The van der Waals surface area contributed by atoms with Gasteiger partial charge >= 0.3 is 48.2 Å². The van der Waals surface area contributed by atoms with Crippen LogP contribution >= 0.6 is 0 Å². The van der Waals surface area contributed by atoms with Crippen molar-refractivity contribution in [2.75, 3.05) is 0 Å². The Hall–Kier alpha value is 2.66. The molecule has 0 spiro atoms. The molecule has 32 valence electrons. The molecule has 0 aromatic carbocycles. The van der Waals surface area contributed by atoms with Gasteiger partial charge in [0.2, 0.25) is 0 Å². The van der Waals surface area contributed by atoms with E-state index in [4.69, 9.17) is 0 Å². The van der Waals surface area contributed by atoms with E-state index >= 15 is 0 Å². The van der Waals surface area contributed by atoms with Crippen LogP contribution in [0, 0.1) is 0 Å². The molecule has 0 atom stereocenters. The van der Waals surface area contributed by atoms with Crippen molar-refractivity contribution in [2.24, 2.45) is 0 Å². The van der Waals surface area contributed by atoms with E-state index in [2.05, 4.69) is 0 Å². The standard InChI is InChI=1S/Au.In.3S/q2*+3;3*-2. The van der Waals surface area contributed by atoms with Gasteiger partial charge in [0.25, 0.3) is 0 Å².